The van der Waals surface area contributed by atoms with Crippen LogP contribution >= 0.6 is 0 Å². The van der Waals surface area contributed by atoms with Crippen molar-refractivity contribution >= 4 is 16.7 Å². The summed E-state index contributed by atoms with van der Waals surface area (Å²) in [6.07, 6.45) is 1.40. The molecule has 4 aromatic rings. The number of benzene rings is 2. The molecule has 2 aromatic heterocycles. The maximum atomic E-state index is 6.25. The summed E-state index contributed by atoms with van der Waals surface area (Å²) in [6.45, 7) is 4.02. The third kappa shape index (κ3) is 2.76. The minimum absolute atomic E-state index is 0.287. The number of rotatable bonds is 3. The molecule has 4 rings (SSSR count). The van der Waals surface area contributed by atoms with Crippen molar-refractivity contribution in [1.29, 1.82) is 0 Å². The number of aryl methyl sites for hydroxylation is 2. The van der Waals surface area contributed by atoms with Gasteiger partial charge in [0.2, 0.25) is 5.88 Å². The van der Waals surface area contributed by atoms with Crippen molar-refractivity contribution in [2.45, 2.75) is 13.8 Å². The highest BCUT2D eigenvalue weighted by Crippen LogP contribution is 2.30. The van der Waals surface area contributed by atoms with Gasteiger partial charge in [-0.1, -0.05) is 23.4 Å². The molecule has 2 aromatic carbocycles. The maximum Gasteiger partial charge on any atom is 0.248 e. The smallest absolute Gasteiger partial charge is 0.248 e. The molecule has 0 amide bonds. The van der Waals surface area contributed by atoms with E-state index in [0.717, 1.165) is 22.2 Å². The highest BCUT2D eigenvalue weighted by molar-refractivity contribution is 5.77. The molecule has 0 fully saturated rings. The largest absolute Gasteiger partial charge is 0.437 e. The first kappa shape index (κ1) is 15.1. The van der Waals surface area contributed by atoms with Crippen LogP contribution in [0.1, 0.15) is 11.1 Å². The van der Waals surface area contributed by atoms with Gasteiger partial charge in [0.05, 0.1) is 5.52 Å². The Morgan fingerprint density at radius 3 is 2.56 bits per heavy atom. The van der Waals surface area contributed by atoms with Gasteiger partial charge in [-0.05, 0) is 49.2 Å². The molecule has 0 atom stereocenters. The van der Waals surface area contributed by atoms with E-state index in [1.165, 1.54) is 6.33 Å². The molecule has 0 unspecified atom stereocenters. The van der Waals surface area contributed by atoms with Crippen LogP contribution in [0.5, 0.6) is 11.6 Å². The van der Waals surface area contributed by atoms with Gasteiger partial charge < -0.3 is 10.5 Å². The van der Waals surface area contributed by atoms with E-state index < -0.39 is 0 Å². The van der Waals surface area contributed by atoms with Crippen LogP contribution in [0.3, 0.4) is 0 Å². The van der Waals surface area contributed by atoms with E-state index in [4.69, 9.17) is 10.5 Å². The summed E-state index contributed by atoms with van der Waals surface area (Å²) in [5, 5.41) is 8.27. The normalized spacial score (nSPS) is 11.0. The lowest BCUT2D eigenvalue weighted by molar-refractivity contribution is 0.463. The van der Waals surface area contributed by atoms with Gasteiger partial charge in [-0.25, -0.2) is 4.98 Å². The average Bonchev–Trinajstić information content (AvgIpc) is 3.00. The summed E-state index contributed by atoms with van der Waals surface area (Å²) in [5.74, 6) is 1.40. The molecule has 2 N–H and O–H groups in total. The number of nitrogen functional groups attached to an aromatic ring is 1. The molecule has 25 heavy (non-hydrogen) atoms. The minimum atomic E-state index is 0.287. The van der Waals surface area contributed by atoms with Gasteiger partial charge in [-0.15, -0.1) is 5.10 Å². The van der Waals surface area contributed by atoms with Crippen molar-refractivity contribution in [2.75, 3.05) is 5.73 Å². The van der Waals surface area contributed by atoms with Crippen LogP contribution in [-0.2, 0) is 0 Å². The number of hydrogen-bond donors (Lipinski definition) is 1. The number of nitrogens with zero attached hydrogens (tertiary/aromatic N) is 5. The minimum Gasteiger partial charge on any atom is -0.437 e. The molecular weight excluding hydrogens is 316 g/mol. The van der Waals surface area contributed by atoms with Gasteiger partial charge in [0.25, 0.3) is 0 Å². The van der Waals surface area contributed by atoms with E-state index >= 15 is 0 Å². The zero-order valence-electron chi connectivity index (χ0n) is 13.8. The van der Waals surface area contributed by atoms with Crippen molar-refractivity contribution in [2.24, 2.45) is 0 Å². The number of ether oxygens (including phenoxy) is 1. The molecule has 0 aliphatic rings. The number of para-hydroxylation sites is 1. The van der Waals surface area contributed by atoms with Gasteiger partial charge in [0.15, 0.2) is 5.82 Å². The lowest BCUT2D eigenvalue weighted by Gasteiger charge is -2.11. The Labute approximate surface area is 144 Å². The van der Waals surface area contributed by atoms with E-state index in [1.54, 1.807) is 4.68 Å². The molecule has 7 heteroatoms. The second kappa shape index (κ2) is 5.86. The average molecular weight is 332 g/mol. The first-order valence-corrected chi connectivity index (χ1v) is 7.79. The first-order valence-electron chi connectivity index (χ1n) is 7.79. The molecule has 2 heterocycles. The van der Waals surface area contributed by atoms with Crippen LogP contribution in [0.25, 0.3) is 16.9 Å². The quantitative estimate of drug-likeness (QED) is 0.619. The van der Waals surface area contributed by atoms with Crippen molar-refractivity contribution in [3.63, 3.8) is 0 Å². The van der Waals surface area contributed by atoms with E-state index in [2.05, 4.69) is 26.3 Å². The zero-order valence-corrected chi connectivity index (χ0v) is 13.8. The van der Waals surface area contributed by atoms with Crippen molar-refractivity contribution in [1.82, 2.24) is 25.0 Å². The van der Waals surface area contributed by atoms with Crippen LogP contribution in [0.4, 0.5) is 5.69 Å². The lowest BCUT2D eigenvalue weighted by atomic mass is 10.1. The number of nitrogens with two attached hydrogens (primary N) is 1. The summed E-state index contributed by atoms with van der Waals surface area (Å²) in [5.41, 5.74) is 10.3. The number of anilines is 1. The van der Waals surface area contributed by atoms with Gasteiger partial charge in [0.1, 0.15) is 23.3 Å². The molecule has 0 bridgehead atoms. The summed E-state index contributed by atoms with van der Waals surface area (Å²) in [4.78, 5) is 8.42. The van der Waals surface area contributed by atoms with Gasteiger partial charge in [0, 0.05) is 0 Å². The molecule has 0 saturated heterocycles. The van der Waals surface area contributed by atoms with Gasteiger partial charge >= 0.3 is 0 Å². The SMILES string of the molecule is Cc1cc(C)cc(Oc2ncnc(-n3nnc4ccccc43)c2N)c1. The molecule has 0 aliphatic heterocycles. The van der Waals surface area contributed by atoms with Crippen LogP contribution in [-0.4, -0.2) is 25.0 Å². The highest BCUT2D eigenvalue weighted by atomic mass is 16.5. The molecule has 0 saturated carbocycles. The highest BCUT2D eigenvalue weighted by Gasteiger charge is 2.15. The monoisotopic (exact) mass is 332 g/mol. The summed E-state index contributed by atoms with van der Waals surface area (Å²) in [7, 11) is 0. The van der Waals surface area contributed by atoms with Crippen molar-refractivity contribution < 1.29 is 4.74 Å². The van der Waals surface area contributed by atoms with E-state index in [1.807, 2.05) is 50.2 Å². The fourth-order valence-electron chi connectivity index (χ4n) is 2.75. The molecule has 124 valence electrons. The Morgan fingerprint density at radius 2 is 1.76 bits per heavy atom. The Hall–Kier alpha value is -3.48. The molecule has 0 aliphatic carbocycles. The van der Waals surface area contributed by atoms with Crippen molar-refractivity contribution in [3.05, 3.63) is 59.9 Å². The summed E-state index contributed by atoms with van der Waals surface area (Å²) >= 11 is 0. The predicted molar refractivity (Wildman–Crippen MR) is 94.9 cm³/mol. The van der Waals surface area contributed by atoms with E-state index in [-0.39, 0.29) is 5.88 Å². The van der Waals surface area contributed by atoms with E-state index in [0.29, 0.717) is 17.3 Å². The third-order valence-electron chi connectivity index (χ3n) is 3.79. The third-order valence-corrected chi connectivity index (χ3v) is 3.79. The lowest BCUT2D eigenvalue weighted by Crippen LogP contribution is -2.07. The fourth-order valence-corrected chi connectivity index (χ4v) is 2.75. The molecule has 0 spiro atoms. The Bertz CT molecular complexity index is 1050. The Kier molecular flexibility index (Phi) is 3.53. The molecule has 7 nitrogen and oxygen atoms in total. The Balaban J connectivity index is 1.78. The zero-order chi connectivity index (χ0) is 17.4. The van der Waals surface area contributed by atoms with Crippen molar-refractivity contribution in [3.8, 4) is 17.4 Å². The molecule has 0 radical (unpaired) electrons. The topological polar surface area (TPSA) is 91.7 Å². The molecular formula is C18H16N6O. The van der Waals surface area contributed by atoms with Crippen LogP contribution < -0.4 is 10.5 Å². The fraction of sp³-hybridized carbons (Fsp3) is 0.111. The van der Waals surface area contributed by atoms with Crippen LogP contribution in [0, 0.1) is 13.8 Å². The predicted octanol–water partition coefficient (Wildman–Crippen LogP) is 3.20. The van der Waals surface area contributed by atoms with Gasteiger partial charge in [-0.2, -0.15) is 9.67 Å². The standard InChI is InChI=1S/C18H16N6O/c1-11-7-12(2)9-13(8-11)25-18-16(19)17(20-10-21-18)24-15-6-4-3-5-14(15)22-23-24/h3-10H,19H2,1-2H3. The van der Waals surface area contributed by atoms with E-state index in [9.17, 15) is 0 Å². The number of fused-ring (bicyclic) bond motifs is 1. The number of hydrogen-bond acceptors (Lipinski definition) is 6. The second-order valence-electron chi connectivity index (χ2n) is 5.83. The Morgan fingerprint density at radius 1 is 1.00 bits per heavy atom. The summed E-state index contributed by atoms with van der Waals surface area (Å²) in [6, 6.07) is 13.5. The second-order valence-corrected chi connectivity index (χ2v) is 5.83. The first-order chi connectivity index (χ1) is 12.1. The van der Waals surface area contributed by atoms with Gasteiger partial charge in [-0.3, -0.25) is 0 Å². The number of aromatic nitrogens is 5. The van der Waals surface area contributed by atoms with Crippen LogP contribution in [0.2, 0.25) is 0 Å². The summed E-state index contributed by atoms with van der Waals surface area (Å²) < 4.78 is 7.47. The maximum absolute atomic E-state index is 6.25. The van der Waals surface area contributed by atoms with Crippen LogP contribution in [0.15, 0.2) is 48.8 Å².